The molecule has 78 valence electrons. The molecule has 1 saturated heterocycles. The van der Waals surface area contributed by atoms with Crippen LogP contribution in [0.3, 0.4) is 0 Å². The lowest BCUT2D eigenvalue weighted by atomic mass is 10.5. The van der Waals surface area contributed by atoms with E-state index in [1.54, 1.807) is 0 Å². The van der Waals surface area contributed by atoms with Gasteiger partial charge in [0.1, 0.15) is 6.10 Å². The van der Waals surface area contributed by atoms with Crippen LogP contribution in [0.2, 0.25) is 25.7 Å². The van der Waals surface area contributed by atoms with E-state index in [1.807, 2.05) is 0 Å². The van der Waals surface area contributed by atoms with Crippen molar-refractivity contribution >= 4 is 16.6 Å². The van der Waals surface area contributed by atoms with Crippen molar-refractivity contribution in [2.45, 2.75) is 38.2 Å². The maximum absolute atomic E-state index is 5.48. The first kappa shape index (κ1) is 11.4. The molecule has 13 heavy (non-hydrogen) atoms. The zero-order valence-corrected chi connectivity index (χ0v) is 11.6. The van der Waals surface area contributed by atoms with Crippen molar-refractivity contribution in [3.05, 3.63) is 0 Å². The topological polar surface area (TPSA) is 21.8 Å². The molecule has 1 rings (SSSR count). The summed E-state index contributed by atoms with van der Waals surface area (Å²) in [6, 6.07) is 1.47. The first-order valence-electron chi connectivity index (χ1n) is 5.27. The second kappa shape index (κ2) is 5.29. The molecular weight excluding hydrogens is 196 g/mol. The highest BCUT2D eigenvalue weighted by atomic mass is 29.2. The average molecular weight is 218 g/mol. The molecule has 1 unspecified atom stereocenters. The second-order valence-corrected chi connectivity index (χ2v) is 19.2. The Morgan fingerprint density at radius 3 is 2.69 bits per heavy atom. The Morgan fingerprint density at radius 2 is 2.15 bits per heavy atom. The molecule has 0 aliphatic carbocycles. The van der Waals surface area contributed by atoms with Gasteiger partial charge in [0.05, 0.1) is 13.2 Å². The zero-order chi connectivity index (χ0) is 9.73. The molecule has 1 fully saturated rings. The van der Waals surface area contributed by atoms with Gasteiger partial charge in [-0.05, 0) is 6.42 Å². The fraction of sp³-hybridized carbons (Fsp3) is 1.00. The minimum absolute atomic E-state index is 0.246. The quantitative estimate of drug-likeness (QED) is 0.364. The summed E-state index contributed by atoms with van der Waals surface area (Å²) >= 11 is 0. The SMILES string of the molecule is C[Si](C)(C)[SiH2]CCCOCC1CO1. The van der Waals surface area contributed by atoms with E-state index in [-0.39, 0.29) is 9.04 Å². The lowest BCUT2D eigenvalue weighted by Crippen LogP contribution is -2.29. The summed E-state index contributed by atoms with van der Waals surface area (Å²) in [5, 5.41) is 0. The third-order valence-electron chi connectivity index (χ3n) is 2.17. The summed E-state index contributed by atoms with van der Waals surface area (Å²) in [4.78, 5) is 0. The number of rotatable bonds is 7. The van der Waals surface area contributed by atoms with Crippen LogP contribution >= 0.6 is 0 Å². The molecule has 2 nitrogen and oxygen atoms in total. The van der Waals surface area contributed by atoms with E-state index < -0.39 is 7.59 Å². The summed E-state index contributed by atoms with van der Waals surface area (Å²) in [6.07, 6.45) is 1.72. The Bertz CT molecular complexity index is 141. The van der Waals surface area contributed by atoms with E-state index in [2.05, 4.69) is 19.6 Å². The van der Waals surface area contributed by atoms with Gasteiger partial charge in [-0.25, -0.2) is 0 Å². The molecule has 1 aliphatic heterocycles. The van der Waals surface area contributed by atoms with Gasteiger partial charge in [-0.15, -0.1) is 0 Å². The fourth-order valence-electron chi connectivity index (χ4n) is 1.24. The van der Waals surface area contributed by atoms with Crippen molar-refractivity contribution in [3.63, 3.8) is 0 Å². The minimum Gasteiger partial charge on any atom is -0.379 e. The molecule has 0 bridgehead atoms. The molecule has 4 heteroatoms. The van der Waals surface area contributed by atoms with Crippen LogP contribution in [0, 0.1) is 0 Å². The summed E-state index contributed by atoms with van der Waals surface area (Å²) in [7, 11) is -0.423. The highest BCUT2D eigenvalue weighted by Crippen LogP contribution is 2.09. The average Bonchev–Trinajstić information content (AvgIpc) is 2.77. The molecule has 1 aliphatic rings. The van der Waals surface area contributed by atoms with E-state index in [1.165, 1.54) is 12.5 Å². The lowest BCUT2D eigenvalue weighted by Gasteiger charge is -2.14. The van der Waals surface area contributed by atoms with Gasteiger partial charge in [0.15, 0.2) is 0 Å². The predicted molar refractivity (Wildman–Crippen MR) is 61.9 cm³/mol. The van der Waals surface area contributed by atoms with Crippen LogP contribution in [0.15, 0.2) is 0 Å². The van der Waals surface area contributed by atoms with E-state index in [0.29, 0.717) is 6.10 Å². The predicted octanol–water partition coefficient (Wildman–Crippen LogP) is 1.21. The molecule has 0 N–H and O–H groups in total. The van der Waals surface area contributed by atoms with Gasteiger partial charge in [-0.3, -0.25) is 0 Å². The van der Waals surface area contributed by atoms with E-state index in [4.69, 9.17) is 9.47 Å². The van der Waals surface area contributed by atoms with Crippen LogP contribution in [-0.2, 0) is 9.47 Å². The molecule has 0 amide bonds. The molecule has 0 aromatic carbocycles. The Kier molecular flexibility index (Phi) is 4.65. The molecular formula is C9H22O2Si2. The Labute approximate surface area is 84.6 Å². The third kappa shape index (κ3) is 7.43. The molecule has 0 aromatic rings. The van der Waals surface area contributed by atoms with Crippen LogP contribution in [0.25, 0.3) is 0 Å². The van der Waals surface area contributed by atoms with Crippen molar-refractivity contribution in [1.82, 2.24) is 0 Å². The van der Waals surface area contributed by atoms with Crippen molar-refractivity contribution in [2.24, 2.45) is 0 Å². The van der Waals surface area contributed by atoms with E-state index in [9.17, 15) is 0 Å². The third-order valence-corrected chi connectivity index (χ3v) is 10.1. The van der Waals surface area contributed by atoms with Crippen LogP contribution in [0.1, 0.15) is 6.42 Å². The van der Waals surface area contributed by atoms with Gasteiger partial charge in [0.25, 0.3) is 0 Å². The summed E-state index contributed by atoms with van der Waals surface area (Å²) in [5.41, 5.74) is 0. The first-order chi connectivity index (χ1) is 6.08. The second-order valence-electron chi connectivity index (χ2n) is 5.05. The maximum atomic E-state index is 5.48. The standard InChI is InChI=1S/C9H22O2Si2/c1-13(2,3)12-6-4-5-10-7-9-8-11-9/h9H,4-8,12H2,1-3H3. The van der Waals surface area contributed by atoms with Crippen molar-refractivity contribution in [3.8, 4) is 0 Å². The van der Waals surface area contributed by atoms with Gasteiger partial charge in [0, 0.05) is 23.2 Å². The normalized spacial score (nSPS) is 22.8. The molecule has 0 saturated carbocycles. The minimum atomic E-state index is -0.668. The monoisotopic (exact) mass is 218 g/mol. The van der Waals surface area contributed by atoms with Crippen LogP contribution in [0.5, 0.6) is 0 Å². The van der Waals surface area contributed by atoms with Gasteiger partial charge in [0.2, 0.25) is 0 Å². The van der Waals surface area contributed by atoms with E-state index >= 15 is 0 Å². The Hall–Kier alpha value is 0.354. The Balaban J connectivity index is 1.78. The number of hydrogen-bond acceptors (Lipinski definition) is 2. The van der Waals surface area contributed by atoms with Crippen LogP contribution in [-0.4, -0.2) is 42.6 Å². The zero-order valence-electron chi connectivity index (χ0n) is 9.14. The van der Waals surface area contributed by atoms with Crippen molar-refractivity contribution < 1.29 is 9.47 Å². The highest BCUT2D eigenvalue weighted by Gasteiger charge is 2.22. The Morgan fingerprint density at radius 1 is 1.46 bits per heavy atom. The lowest BCUT2D eigenvalue weighted by molar-refractivity contribution is 0.117. The largest absolute Gasteiger partial charge is 0.379 e. The smallest absolute Gasteiger partial charge is 0.104 e. The van der Waals surface area contributed by atoms with Crippen molar-refractivity contribution in [1.29, 1.82) is 0 Å². The summed E-state index contributed by atoms with van der Waals surface area (Å²) < 4.78 is 10.5. The molecule has 0 spiro atoms. The number of hydrogen-bond donors (Lipinski definition) is 0. The summed E-state index contributed by atoms with van der Waals surface area (Å²) in [6.45, 7) is 10.2. The van der Waals surface area contributed by atoms with Crippen LogP contribution < -0.4 is 0 Å². The highest BCUT2D eigenvalue weighted by molar-refractivity contribution is 7.23. The van der Waals surface area contributed by atoms with Gasteiger partial charge in [-0.1, -0.05) is 25.7 Å². The molecule has 1 heterocycles. The number of epoxide rings is 1. The molecule has 0 radical (unpaired) electrons. The van der Waals surface area contributed by atoms with E-state index in [0.717, 1.165) is 19.8 Å². The molecule has 1 atom stereocenters. The number of ether oxygens (including phenoxy) is 2. The van der Waals surface area contributed by atoms with Gasteiger partial charge >= 0.3 is 0 Å². The van der Waals surface area contributed by atoms with Crippen LogP contribution in [0.4, 0.5) is 0 Å². The van der Waals surface area contributed by atoms with Crippen molar-refractivity contribution in [2.75, 3.05) is 19.8 Å². The van der Waals surface area contributed by atoms with Gasteiger partial charge in [-0.2, -0.15) is 0 Å². The first-order valence-corrected chi connectivity index (χ1v) is 12.1. The summed E-state index contributed by atoms with van der Waals surface area (Å²) in [5.74, 6) is 0. The van der Waals surface area contributed by atoms with Gasteiger partial charge < -0.3 is 9.47 Å². The molecule has 0 aromatic heterocycles. The fourth-order valence-corrected chi connectivity index (χ4v) is 6.69. The maximum Gasteiger partial charge on any atom is 0.104 e.